The summed E-state index contributed by atoms with van der Waals surface area (Å²) in [6.07, 6.45) is 8.83. The van der Waals surface area contributed by atoms with Gasteiger partial charge in [-0.1, -0.05) is 0 Å². The quantitative estimate of drug-likeness (QED) is 0.716. The monoisotopic (exact) mass is 394 g/mol. The number of hydrogen-bond donors (Lipinski definition) is 1. The molecule has 1 fully saturated rings. The Kier molecular flexibility index (Phi) is 5.57. The van der Waals surface area contributed by atoms with Crippen molar-refractivity contribution in [1.29, 1.82) is 0 Å². The van der Waals surface area contributed by atoms with Crippen molar-refractivity contribution in [2.24, 2.45) is 5.92 Å². The number of nitrogens with one attached hydrogen (secondary N) is 1. The smallest absolute Gasteiger partial charge is 0.225 e. The molecule has 0 radical (unpaired) electrons. The van der Waals surface area contributed by atoms with Gasteiger partial charge in [-0.3, -0.25) is 9.78 Å². The molecule has 0 saturated carbocycles. The lowest BCUT2D eigenvalue weighted by molar-refractivity contribution is -0.125. The first-order chi connectivity index (χ1) is 13.7. The largest absolute Gasteiger partial charge is 0.347 e. The van der Waals surface area contributed by atoms with Crippen LogP contribution in [0.25, 0.3) is 11.3 Å². The van der Waals surface area contributed by atoms with E-state index < -0.39 is 0 Å². The van der Waals surface area contributed by atoms with Crippen LogP contribution >= 0.6 is 11.3 Å². The molecule has 8 heteroatoms. The fourth-order valence-electron chi connectivity index (χ4n) is 3.35. The standard InChI is InChI=1S/C20H22N6OS/c1-14(19-25-17(13-28-19)15-5-2-7-21-11-15)24-18(27)16-6-3-10-26(12-16)20-22-8-4-9-23-20/h2,4-5,7-9,11,13-14,16H,3,6,10,12H2,1H3,(H,24,27). The Bertz CT molecular complexity index is 917. The number of amides is 1. The van der Waals surface area contributed by atoms with Gasteiger partial charge in [-0.2, -0.15) is 0 Å². The van der Waals surface area contributed by atoms with E-state index in [1.165, 1.54) is 0 Å². The average Bonchev–Trinajstić information content (AvgIpc) is 3.26. The van der Waals surface area contributed by atoms with E-state index in [4.69, 9.17) is 0 Å². The number of nitrogens with zero attached hydrogens (tertiary/aromatic N) is 5. The Morgan fingerprint density at radius 1 is 1.29 bits per heavy atom. The van der Waals surface area contributed by atoms with Crippen LogP contribution in [-0.4, -0.2) is 38.9 Å². The van der Waals surface area contributed by atoms with Gasteiger partial charge in [-0.05, 0) is 38.0 Å². The Morgan fingerprint density at radius 3 is 2.93 bits per heavy atom. The summed E-state index contributed by atoms with van der Waals surface area (Å²) in [6.45, 7) is 3.50. The van der Waals surface area contributed by atoms with Crippen molar-refractivity contribution in [2.45, 2.75) is 25.8 Å². The molecule has 3 aromatic rings. The lowest BCUT2D eigenvalue weighted by atomic mass is 9.97. The van der Waals surface area contributed by atoms with Crippen LogP contribution in [0.2, 0.25) is 0 Å². The van der Waals surface area contributed by atoms with E-state index in [1.807, 2.05) is 24.4 Å². The number of carbonyl (C=O) groups excluding carboxylic acids is 1. The third-order valence-corrected chi connectivity index (χ3v) is 5.86. The number of thiazole rings is 1. The third kappa shape index (κ3) is 4.17. The second-order valence-electron chi connectivity index (χ2n) is 6.88. The Labute approximate surface area is 167 Å². The number of anilines is 1. The molecular formula is C20H22N6OS. The van der Waals surface area contributed by atoms with Crippen molar-refractivity contribution in [3.05, 3.63) is 53.4 Å². The van der Waals surface area contributed by atoms with E-state index in [0.717, 1.165) is 35.7 Å². The zero-order chi connectivity index (χ0) is 19.3. The average molecular weight is 395 g/mol. The molecule has 2 atom stereocenters. The highest BCUT2D eigenvalue weighted by molar-refractivity contribution is 7.10. The maximum atomic E-state index is 12.8. The first-order valence-electron chi connectivity index (χ1n) is 9.39. The summed E-state index contributed by atoms with van der Waals surface area (Å²) in [6, 6.07) is 5.54. The lowest BCUT2D eigenvalue weighted by Gasteiger charge is -2.32. The normalized spacial score (nSPS) is 17.9. The molecule has 4 heterocycles. The van der Waals surface area contributed by atoms with Gasteiger partial charge in [0.1, 0.15) is 5.01 Å². The first kappa shape index (κ1) is 18.5. The number of aromatic nitrogens is 4. The summed E-state index contributed by atoms with van der Waals surface area (Å²) in [4.78, 5) is 32.3. The fourth-order valence-corrected chi connectivity index (χ4v) is 4.19. The van der Waals surface area contributed by atoms with Crippen LogP contribution in [0.3, 0.4) is 0 Å². The van der Waals surface area contributed by atoms with E-state index in [1.54, 1.807) is 42.2 Å². The topological polar surface area (TPSA) is 83.9 Å². The second-order valence-corrected chi connectivity index (χ2v) is 7.77. The number of carbonyl (C=O) groups is 1. The van der Waals surface area contributed by atoms with E-state index in [9.17, 15) is 4.79 Å². The Morgan fingerprint density at radius 2 is 2.14 bits per heavy atom. The summed E-state index contributed by atoms with van der Waals surface area (Å²) in [5, 5.41) is 6.03. The van der Waals surface area contributed by atoms with Gasteiger partial charge in [0, 0.05) is 48.8 Å². The van der Waals surface area contributed by atoms with E-state index in [-0.39, 0.29) is 17.9 Å². The van der Waals surface area contributed by atoms with Crippen LogP contribution in [0.15, 0.2) is 48.4 Å². The molecule has 2 unspecified atom stereocenters. The van der Waals surface area contributed by atoms with Gasteiger partial charge in [0.05, 0.1) is 17.7 Å². The van der Waals surface area contributed by atoms with Crippen molar-refractivity contribution < 1.29 is 4.79 Å². The van der Waals surface area contributed by atoms with Crippen molar-refractivity contribution in [1.82, 2.24) is 25.3 Å². The molecule has 3 aromatic heterocycles. The first-order valence-corrected chi connectivity index (χ1v) is 10.3. The van der Waals surface area contributed by atoms with Crippen LogP contribution in [0.4, 0.5) is 5.95 Å². The highest BCUT2D eigenvalue weighted by Gasteiger charge is 2.28. The molecule has 0 aromatic carbocycles. The summed E-state index contributed by atoms with van der Waals surface area (Å²) in [5.74, 6) is 0.679. The molecule has 1 aliphatic heterocycles. The maximum absolute atomic E-state index is 12.8. The molecule has 28 heavy (non-hydrogen) atoms. The predicted molar refractivity (Wildman–Crippen MR) is 109 cm³/mol. The summed E-state index contributed by atoms with van der Waals surface area (Å²) < 4.78 is 0. The number of rotatable bonds is 5. The molecule has 0 bridgehead atoms. The minimum atomic E-state index is -0.133. The molecule has 144 valence electrons. The molecule has 1 aliphatic rings. The number of piperidine rings is 1. The van der Waals surface area contributed by atoms with E-state index >= 15 is 0 Å². The molecule has 0 spiro atoms. The van der Waals surface area contributed by atoms with Crippen LogP contribution in [0.5, 0.6) is 0 Å². The van der Waals surface area contributed by atoms with Crippen LogP contribution < -0.4 is 10.2 Å². The molecular weight excluding hydrogens is 372 g/mol. The van der Waals surface area contributed by atoms with Crippen LogP contribution in [-0.2, 0) is 4.79 Å². The third-order valence-electron chi connectivity index (χ3n) is 4.84. The molecule has 0 aliphatic carbocycles. The van der Waals surface area contributed by atoms with Crippen molar-refractivity contribution in [2.75, 3.05) is 18.0 Å². The Balaban J connectivity index is 1.38. The van der Waals surface area contributed by atoms with E-state index in [2.05, 4.69) is 30.2 Å². The molecule has 1 amide bonds. The van der Waals surface area contributed by atoms with Crippen LogP contribution in [0, 0.1) is 5.92 Å². The zero-order valence-corrected chi connectivity index (χ0v) is 16.5. The lowest BCUT2D eigenvalue weighted by Crippen LogP contribution is -2.44. The van der Waals surface area contributed by atoms with Gasteiger partial charge in [-0.25, -0.2) is 15.0 Å². The minimum Gasteiger partial charge on any atom is -0.347 e. The van der Waals surface area contributed by atoms with Gasteiger partial charge in [0.15, 0.2) is 0 Å². The summed E-state index contributed by atoms with van der Waals surface area (Å²) >= 11 is 1.55. The van der Waals surface area contributed by atoms with Crippen molar-refractivity contribution in [3.8, 4) is 11.3 Å². The molecule has 1 N–H and O–H groups in total. The maximum Gasteiger partial charge on any atom is 0.225 e. The van der Waals surface area contributed by atoms with Gasteiger partial charge in [0.2, 0.25) is 11.9 Å². The number of hydrogen-bond acceptors (Lipinski definition) is 7. The highest BCUT2D eigenvalue weighted by Crippen LogP contribution is 2.26. The SMILES string of the molecule is CC(NC(=O)C1CCCN(c2ncccn2)C1)c1nc(-c2cccnc2)cs1. The summed E-state index contributed by atoms with van der Waals surface area (Å²) in [5.41, 5.74) is 1.87. The van der Waals surface area contributed by atoms with E-state index in [0.29, 0.717) is 12.5 Å². The minimum absolute atomic E-state index is 0.0614. The molecule has 1 saturated heterocycles. The van der Waals surface area contributed by atoms with Crippen LogP contribution in [0.1, 0.15) is 30.8 Å². The summed E-state index contributed by atoms with van der Waals surface area (Å²) in [7, 11) is 0. The van der Waals surface area contributed by atoms with Crippen molar-refractivity contribution >= 4 is 23.2 Å². The Hall–Kier alpha value is -2.87. The molecule has 7 nitrogen and oxygen atoms in total. The second kappa shape index (κ2) is 8.43. The zero-order valence-electron chi connectivity index (χ0n) is 15.7. The highest BCUT2D eigenvalue weighted by atomic mass is 32.1. The van der Waals surface area contributed by atoms with Gasteiger partial charge >= 0.3 is 0 Å². The fraction of sp³-hybridized carbons (Fsp3) is 0.350. The van der Waals surface area contributed by atoms with Gasteiger partial charge in [0.25, 0.3) is 0 Å². The van der Waals surface area contributed by atoms with Crippen molar-refractivity contribution in [3.63, 3.8) is 0 Å². The molecule has 4 rings (SSSR count). The number of pyridine rings is 1. The predicted octanol–water partition coefficient (Wildman–Crippen LogP) is 3.09. The van der Waals surface area contributed by atoms with Gasteiger partial charge in [-0.15, -0.1) is 11.3 Å². The van der Waals surface area contributed by atoms with Gasteiger partial charge < -0.3 is 10.2 Å².